The molecule has 0 aliphatic carbocycles. The largest absolute Gasteiger partial charge is 0.444 e. The van der Waals surface area contributed by atoms with Gasteiger partial charge in [-0.3, -0.25) is 0 Å². The van der Waals surface area contributed by atoms with Crippen LogP contribution in [-0.4, -0.2) is 38.0 Å². The molecule has 29 heavy (non-hydrogen) atoms. The Morgan fingerprint density at radius 3 is 2.62 bits per heavy atom. The highest BCUT2D eigenvalue weighted by Crippen LogP contribution is 2.30. The molecule has 0 saturated carbocycles. The van der Waals surface area contributed by atoms with Gasteiger partial charge in [-0.15, -0.1) is 10.2 Å². The van der Waals surface area contributed by atoms with Crippen molar-refractivity contribution >= 4 is 39.5 Å². The molecule has 0 radical (unpaired) electrons. The summed E-state index contributed by atoms with van der Waals surface area (Å²) in [5.74, 6) is 1.46. The number of halogens is 1. The van der Waals surface area contributed by atoms with Gasteiger partial charge < -0.3 is 10.1 Å². The zero-order valence-electron chi connectivity index (χ0n) is 17.3. The Kier molecular flexibility index (Phi) is 6.68. The van der Waals surface area contributed by atoms with Crippen LogP contribution in [0.2, 0.25) is 0 Å². The molecule has 3 rings (SSSR count). The number of nitrogens with one attached hydrogen (secondary N) is 1. The molecule has 1 aromatic heterocycles. The molecule has 2 heterocycles. The highest BCUT2D eigenvalue weighted by atomic mass is 79.9. The minimum Gasteiger partial charge on any atom is -0.444 e. The van der Waals surface area contributed by atoms with E-state index in [1.807, 2.05) is 45.0 Å². The van der Waals surface area contributed by atoms with Crippen LogP contribution in [-0.2, 0) is 4.74 Å². The molecule has 1 amide bonds. The lowest BCUT2D eigenvalue weighted by Gasteiger charge is -2.26. The Bertz CT molecular complexity index is 905. The molecule has 0 fully saturated rings. The first-order valence-corrected chi connectivity index (χ1v) is 11.4. The lowest BCUT2D eigenvalue weighted by atomic mass is 9.99. The van der Waals surface area contributed by atoms with Crippen molar-refractivity contribution in [3.05, 3.63) is 40.1 Å². The topological polar surface area (TPSA) is 81.4 Å². The number of carbonyl (C=O) groups is 1. The maximum Gasteiger partial charge on any atom is 0.408 e. The molecule has 1 aromatic carbocycles. The Morgan fingerprint density at radius 1 is 1.31 bits per heavy atom. The van der Waals surface area contributed by atoms with E-state index in [0.29, 0.717) is 11.6 Å². The number of fused-ring (bicyclic) bond motifs is 1. The molecule has 2 atom stereocenters. The van der Waals surface area contributed by atoms with Crippen LogP contribution >= 0.6 is 27.7 Å². The van der Waals surface area contributed by atoms with Gasteiger partial charge in [0.2, 0.25) is 5.16 Å². The van der Waals surface area contributed by atoms with Crippen molar-refractivity contribution in [2.75, 3.05) is 5.75 Å². The number of hydrogen-bond acceptors (Lipinski definition) is 6. The first-order chi connectivity index (χ1) is 13.7. The van der Waals surface area contributed by atoms with Crippen molar-refractivity contribution in [1.29, 1.82) is 0 Å². The van der Waals surface area contributed by atoms with E-state index in [2.05, 4.69) is 45.3 Å². The Morgan fingerprint density at radius 2 is 2.00 bits per heavy atom. The van der Waals surface area contributed by atoms with Crippen LogP contribution in [0.1, 0.15) is 58.5 Å². The fourth-order valence-electron chi connectivity index (χ4n) is 2.85. The van der Waals surface area contributed by atoms with Crippen molar-refractivity contribution < 1.29 is 9.53 Å². The van der Waals surface area contributed by atoms with E-state index in [0.717, 1.165) is 27.3 Å². The number of aromatic nitrogens is 3. The van der Waals surface area contributed by atoms with Gasteiger partial charge in [-0.1, -0.05) is 60.1 Å². The molecular weight excluding hydrogens is 454 g/mol. The van der Waals surface area contributed by atoms with Crippen LogP contribution in [0.4, 0.5) is 4.79 Å². The molecule has 7 nitrogen and oxygen atoms in total. The molecule has 1 N–H and O–H groups in total. The van der Waals surface area contributed by atoms with E-state index in [4.69, 9.17) is 9.84 Å². The second-order valence-electron chi connectivity index (χ2n) is 8.00. The predicted molar refractivity (Wildman–Crippen MR) is 118 cm³/mol. The maximum atomic E-state index is 12.4. The summed E-state index contributed by atoms with van der Waals surface area (Å²) in [6, 6.07) is 7.70. The van der Waals surface area contributed by atoms with Gasteiger partial charge in [0.1, 0.15) is 5.60 Å². The monoisotopic (exact) mass is 479 g/mol. The van der Waals surface area contributed by atoms with Gasteiger partial charge >= 0.3 is 6.09 Å². The van der Waals surface area contributed by atoms with Crippen LogP contribution < -0.4 is 5.32 Å². The van der Waals surface area contributed by atoms with E-state index in [1.165, 1.54) is 0 Å². The van der Waals surface area contributed by atoms with Gasteiger partial charge in [-0.05, 0) is 44.4 Å². The van der Waals surface area contributed by atoms with Gasteiger partial charge in [0.05, 0.1) is 11.8 Å². The molecule has 1 aliphatic heterocycles. The van der Waals surface area contributed by atoms with Gasteiger partial charge in [-0.2, -0.15) is 9.78 Å². The average Bonchev–Trinajstić information content (AvgIpc) is 3.07. The number of nitrogens with zero attached hydrogens (tertiary/aromatic N) is 4. The van der Waals surface area contributed by atoms with Gasteiger partial charge in [0.25, 0.3) is 0 Å². The van der Waals surface area contributed by atoms with Crippen LogP contribution in [0.25, 0.3) is 0 Å². The molecule has 1 aliphatic rings. The summed E-state index contributed by atoms with van der Waals surface area (Å²) < 4.78 is 8.23. The molecule has 0 spiro atoms. The lowest BCUT2D eigenvalue weighted by Crippen LogP contribution is -2.38. The summed E-state index contributed by atoms with van der Waals surface area (Å²) in [6.07, 6.45) is 0.389. The SMILES string of the molecule is CCC(C)C(NC(=O)OC(C)(C)C)c1nnc2n1N=C(c1ccc(Br)cc1)CS2. The Hall–Kier alpha value is -1.87. The minimum atomic E-state index is -0.572. The zero-order valence-corrected chi connectivity index (χ0v) is 19.7. The van der Waals surface area contributed by atoms with Crippen LogP contribution in [0.5, 0.6) is 0 Å². The second kappa shape index (κ2) is 8.87. The number of benzene rings is 1. The zero-order chi connectivity index (χ0) is 21.2. The minimum absolute atomic E-state index is 0.133. The summed E-state index contributed by atoms with van der Waals surface area (Å²) in [4.78, 5) is 12.4. The third-order valence-electron chi connectivity index (χ3n) is 4.54. The standard InChI is InChI=1S/C20H26BrN5O2S/c1-6-12(2)16(22-19(27)28-20(3,4)5)17-23-24-18-26(17)25-15(11-29-18)13-7-9-14(21)10-8-13/h7-10,12,16H,6,11H2,1-5H3,(H,22,27). The fourth-order valence-corrected chi connectivity index (χ4v) is 3.96. The summed E-state index contributed by atoms with van der Waals surface area (Å²) in [5.41, 5.74) is 1.42. The van der Waals surface area contributed by atoms with Gasteiger partial charge in [-0.25, -0.2) is 4.79 Å². The summed E-state index contributed by atoms with van der Waals surface area (Å²) in [5, 5.41) is 17.2. The third-order valence-corrected chi connectivity index (χ3v) is 5.99. The number of amides is 1. The normalized spacial score (nSPS) is 15.9. The average molecular weight is 480 g/mol. The number of carbonyl (C=O) groups excluding carboxylic acids is 1. The number of hydrogen-bond donors (Lipinski definition) is 1. The van der Waals surface area contributed by atoms with Crippen molar-refractivity contribution in [2.24, 2.45) is 11.0 Å². The predicted octanol–water partition coefficient (Wildman–Crippen LogP) is 5.01. The fraction of sp³-hybridized carbons (Fsp3) is 0.500. The number of ether oxygens (including phenoxy) is 1. The van der Waals surface area contributed by atoms with Gasteiger partial charge in [0, 0.05) is 10.2 Å². The van der Waals surface area contributed by atoms with E-state index in [-0.39, 0.29) is 12.0 Å². The van der Waals surface area contributed by atoms with Crippen molar-refractivity contribution in [3.8, 4) is 0 Å². The summed E-state index contributed by atoms with van der Waals surface area (Å²) >= 11 is 5.05. The van der Waals surface area contributed by atoms with Crippen LogP contribution in [0.15, 0.2) is 39.0 Å². The first-order valence-electron chi connectivity index (χ1n) is 9.59. The van der Waals surface area contributed by atoms with Crippen molar-refractivity contribution in [2.45, 2.75) is 57.8 Å². The number of rotatable bonds is 5. The number of thioether (sulfide) groups is 1. The highest BCUT2D eigenvalue weighted by Gasteiger charge is 2.31. The second-order valence-corrected chi connectivity index (χ2v) is 9.86. The van der Waals surface area contributed by atoms with Crippen LogP contribution in [0, 0.1) is 5.92 Å². The first kappa shape index (κ1) is 21.8. The number of alkyl carbamates (subject to hydrolysis) is 1. The lowest BCUT2D eigenvalue weighted by molar-refractivity contribution is 0.0482. The van der Waals surface area contributed by atoms with E-state index in [1.54, 1.807) is 16.4 Å². The molecule has 0 saturated heterocycles. The molecule has 0 bridgehead atoms. The van der Waals surface area contributed by atoms with E-state index < -0.39 is 11.7 Å². The molecule has 156 valence electrons. The molecule has 2 aromatic rings. The Balaban J connectivity index is 1.93. The van der Waals surface area contributed by atoms with Crippen molar-refractivity contribution in [3.63, 3.8) is 0 Å². The van der Waals surface area contributed by atoms with E-state index in [9.17, 15) is 4.79 Å². The van der Waals surface area contributed by atoms with Gasteiger partial charge in [0.15, 0.2) is 5.82 Å². The summed E-state index contributed by atoms with van der Waals surface area (Å²) in [6.45, 7) is 9.67. The maximum absolute atomic E-state index is 12.4. The van der Waals surface area contributed by atoms with Crippen LogP contribution in [0.3, 0.4) is 0 Å². The summed E-state index contributed by atoms with van der Waals surface area (Å²) in [7, 11) is 0. The molecule has 9 heteroatoms. The van der Waals surface area contributed by atoms with Crippen molar-refractivity contribution in [1.82, 2.24) is 20.2 Å². The quantitative estimate of drug-likeness (QED) is 0.651. The molecular formula is C20H26BrN5O2S. The highest BCUT2D eigenvalue weighted by molar-refractivity contribution is 9.10. The third kappa shape index (κ3) is 5.39. The van der Waals surface area contributed by atoms with E-state index >= 15 is 0 Å². The Labute approximate surface area is 183 Å². The molecule has 2 unspecified atom stereocenters. The smallest absolute Gasteiger partial charge is 0.408 e.